The molecule has 0 amide bonds. The Bertz CT molecular complexity index is 636. The van der Waals surface area contributed by atoms with Crippen molar-refractivity contribution >= 4 is 27.3 Å². The van der Waals surface area contributed by atoms with Crippen molar-refractivity contribution in [2.75, 3.05) is 13.7 Å². The molecule has 0 aliphatic carbocycles. The van der Waals surface area contributed by atoms with Crippen molar-refractivity contribution in [2.24, 2.45) is 0 Å². The largest absolute Gasteiger partial charge is 0.496 e. The van der Waals surface area contributed by atoms with Crippen LogP contribution in [-0.2, 0) is 0 Å². The Morgan fingerprint density at radius 3 is 2.52 bits per heavy atom. The Kier molecular flexibility index (Phi) is 5.47. The summed E-state index contributed by atoms with van der Waals surface area (Å²) in [5.41, 5.74) is 3.61. The zero-order chi connectivity index (χ0) is 15.6. The first-order valence-corrected chi connectivity index (χ1v) is 8.73. The molecule has 0 radical (unpaired) electrons. The van der Waals surface area contributed by atoms with Crippen LogP contribution >= 0.6 is 27.3 Å². The number of rotatable bonds is 5. The van der Waals surface area contributed by atoms with E-state index in [1.165, 1.54) is 20.9 Å². The predicted molar refractivity (Wildman–Crippen MR) is 94.7 cm³/mol. The molecule has 2 nitrogen and oxygen atoms in total. The molecule has 4 heteroatoms. The van der Waals surface area contributed by atoms with Gasteiger partial charge < -0.3 is 10.1 Å². The highest BCUT2D eigenvalue weighted by molar-refractivity contribution is 9.10. The monoisotopic (exact) mass is 367 g/mol. The van der Waals surface area contributed by atoms with Gasteiger partial charge in [0.1, 0.15) is 5.75 Å². The zero-order valence-electron chi connectivity index (χ0n) is 13.2. The molecular formula is C17H22BrNOS. The van der Waals surface area contributed by atoms with E-state index in [2.05, 4.69) is 67.1 Å². The maximum Gasteiger partial charge on any atom is 0.127 e. The number of methoxy groups -OCH3 is 1. The maximum absolute atomic E-state index is 5.71. The minimum atomic E-state index is 0.167. The van der Waals surface area contributed by atoms with E-state index >= 15 is 0 Å². The Morgan fingerprint density at radius 1 is 1.29 bits per heavy atom. The van der Waals surface area contributed by atoms with E-state index in [4.69, 9.17) is 4.74 Å². The van der Waals surface area contributed by atoms with Gasteiger partial charge in [0.2, 0.25) is 0 Å². The molecule has 114 valence electrons. The van der Waals surface area contributed by atoms with E-state index in [1.54, 1.807) is 7.11 Å². The van der Waals surface area contributed by atoms with Crippen LogP contribution in [0, 0.1) is 20.8 Å². The van der Waals surface area contributed by atoms with Crippen molar-refractivity contribution in [2.45, 2.75) is 33.7 Å². The second kappa shape index (κ2) is 6.95. The summed E-state index contributed by atoms with van der Waals surface area (Å²) in [7, 11) is 1.75. The smallest absolute Gasteiger partial charge is 0.127 e. The van der Waals surface area contributed by atoms with Crippen LogP contribution in [0.25, 0.3) is 0 Å². The first-order valence-electron chi connectivity index (χ1n) is 7.12. The van der Waals surface area contributed by atoms with Crippen LogP contribution in [0.2, 0.25) is 0 Å². The summed E-state index contributed by atoms with van der Waals surface area (Å²) in [5, 5.41) is 3.61. The molecule has 0 aliphatic rings. The minimum absolute atomic E-state index is 0.167. The highest BCUT2D eigenvalue weighted by Gasteiger charge is 2.23. The van der Waals surface area contributed by atoms with Gasteiger partial charge in [0, 0.05) is 19.8 Å². The van der Waals surface area contributed by atoms with E-state index in [-0.39, 0.29) is 6.04 Å². The van der Waals surface area contributed by atoms with Crippen molar-refractivity contribution in [3.05, 3.63) is 49.1 Å². The molecule has 21 heavy (non-hydrogen) atoms. The lowest BCUT2D eigenvalue weighted by molar-refractivity contribution is 0.401. The van der Waals surface area contributed by atoms with Gasteiger partial charge in [-0.3, -0.25) is 0 Å². The Morgan fingerprint density at radius 2 is 2.00 bits per heavy atom. The highest BCUT2D eigenvalue weighted by Crippen LogP contribution is 2.40. The highest BCUT2D eigenvalue weighted by atomic mass is 79.9. The molecule has 0 aliphatic heterocycles. The third-order valence-corrected chi connectivity index (χ3v) is 5.54. The van der Waals surface area contributed by atoms with Crippen LogP contribution < -0.4 is 10.1 Å². The van der Waals surface area contributed by atoms with Gasteiger partial charge in [0.15, 0.2) is 0 Å². The zero-order valence-corrected chi connectivity index (χ0v) is 15.6. The van der Waals surface area contributed by atoms with Gasteiger partial charge in [-0.1, -0.05) is 22.9 Å². The lowest BCUT2D eigenvalue weighted by atomic mass is 9.96. The van der Waals surface area contributed by atoms with E-state index in [1.807, 2.05) is 11.3 Å². The van der Waals surface area contributed by atoms with Gasteiger partial charge >= 0.3 is 0 Å². The topological polar surface area (TPSA) is 21.3 Å². The number of benzene rings is 1. The number of aryl methyl sites for hydroxylation is 2. The minimum Gasteiger partial charge on any atom is -0.496 e. The van der Waals surface area contributed by atoms with Crippen molar-refractivity contribution in [3.63, 3.8) is 0 Å². The summed E-state index contributed by atoms with van der Waals surface area (Å²) in [6, 6.07) is 6.68. The van der Waals surface area contributed by atoms with Gasteiger partial charge in [0.05, 0.1) is 13.2 Å². The Labute approximate surface area is 139 Å². The predicted octanol–water partition coefficient (Wildman–Crippen LogP) is 5.14. The summed E-state index contributed by atoms with van der Waals surface area (Å²) < 4.78 is 6.84. The van der Waals surface area contributed by atoms with Crippen LogP contribution in [-0.4, -0.2) is 13.7 Å². The van der Waals surface area contributed by atoms with Crippen LogP contribution in [0.5, 0.6) is 5.75 Å². The summed E-state index contributed by atoms with van der Waals surface area (Å²) in [6.07, 6.45) is 0. The van der Waals surface area contributed by atoms with Gasteiger partial charge in [0.25, 0.3) is 0 Å². The van der Waals surface area contributed by atoms with E-state index in [0.717, 1.165) is 22.3 Å². The molecule has 0 bridgehead atoms. The van der Waals surface area contributed by atoms with E-state index in [0.29, 0.717) is 0 Å². The molecule has 1 aromatic carbocycles. The van der Waals surface area contributed by atoms with Crippen LogP contribution in [0.4, 0.5) is 0 Å². The molecule has 2 aromatic rings. The lowest BCUT2D eigenvalue weighted by Gasteiger charge is -2.24. The number of thiophene rings is 1. The molecule has 1 N–H and O–H groups in total. The van der Waals surface area contributed by atoms with Gasteiger partial charge in [-0.05, 0) is 56.6 Å². The van der Waals surface area contributed by atoms with Crippen molar-refractivity contribution in [3.8, 4) is 5.75 Å². The molecule has 1 atom stereocenters. The molecule has 1 heterocycles. The number of halogens is 1. The Balaban J connectivity index is 2.64. The fourth-order valence-electron chi connectivity index (χ4n) is 2.65. The van der Waals surface area contributed by atoms with Crippen molar-refractivity contribution in [1.29, 1.82) is 0 Å². The van der Waals surface area contributed by atoms with E-state index < -0.39 is 0 Å². The average Bonchev–Trinajstić information content (AvgIpc) is 2.87. The summed E-state index contributed by atoms with van der Waals surface area (Å²) >= 11 is 5.51. The molecule has 1 aromatic heterocycles. The first kappa shape index (κ1) is 16.5. The number of ether oxygens (including phenoxy) is 1. The normalized spacial score (nSPS) is 12.5. The average molecular weight is 368 g/mol. The molecule has 1 unspecified atom stereocenters. The fourth-order valence-corrected chi connectivity index (χ4v) is 4.17. The maximum atomic E-state index is 5.71. The molecule has 2 rings (SSSR count). The number of hydrogen-bond acceptors (Lipinski definition) is 3. The van der Waals surface area contributed by atoms with Gasteiger partial charge in [-0.15, -0.1) is 11.3 Å². The third-order valence-electron chi connectivity index (χ3n) is 3.65. The number of nitrogens with one attached hydrogen (secondary N) is 1. The second-order valence-corrected chi connectivity index (χ2v) is 7.36. The SMILES string of the molecule is CCNC(c1ccc(C)s1)c1c(C)c(Br)cc(C)c1OC. The van der Waals surface area contributed by atoms with Crippen LogP contribution in [0.15, 0.2) is 22.7 Å². The van der Waals surface area contributed by atoms with Gasteiger partial charge in [-0.2, -0.15) is 0 Å². The third kappa shape index (κ3) is 3.33. The molecular weight excluding hydrogens is 346 g/mol. The Hall–Kier alpha value is -0.840. The van der Waals surface area contributed by atoms with Crippen LogP contribution in [0.3, 0.4) is 0 Å². The molecule has 0 saturated carbocycles. The number of hydrogen-bond donors (Lipinski definition) is 1. The van der Waals surface area contributed by atoms with Crippen molar-refractivity contribution < 1.29 is 4.74 Å². The summed E-state index contributed by atoms with van der Waals surface area (Å²) in [6.45, 7) is 9.44. The standard InChI is InChI=1S/C17H22BrNOS/c1-6-19-16(14-8-7-11(3)21-14)15-12(4)13(18)9-10(2)17(15)20-5/h7-9,16,19H,6H2,1-5H3. The molecule has 0 saturated heterocycles. The summed E-state index contributed by atoms with van der Waals surface area (Å²) in [4.78, 5) is 2.66. The fraction of sp³-hybridized carbons (Fsp3) is 0.412. The molecule has 0 spiro atoms. The van der Waals surface area contributed by atoms with Crippen LogP contribution in [0.1, 0.15) is 39.4 Å². The van der Waals surface area contributed by atoms with Gasteiger partial charge in [-0.25, -0.2) is 0 Å². The quantitative estimate of drug-likeness (QED) is 0.789. The summed E-state index contributed by atoms with van der Waals surface area (Å²) in [5.74, 6) is 0.979. The lowest BCUT2D eigenvalue weighted by Crippen LogP contribution is -2.23. The molecule has 0 fully saturated rings. The second-order valence-electron chi connectivity index (χ2n) is 5.19. The van der Waals surface area contributed by atoms with E-state index in [9.17, 15) is 0 Å². The van der Waals surface area contributed by atoms with Crippen molar-refractivity contribution in [1.82, 2.24) is 5.32 Å². The first-order chi connectivity index (χ1) is 9.99.